The Hall–Kier alpha value is -1.64. The van der Waals surface area contributed by atoms with E-state index in [1.165, 1.54) is 22.6 Å². The molecule has 0 amide bonds. The number of hydrogen-bond donors (Lipinski definition) is 0. The van der Waals surface area contributed by atoms with Gasteiger partial charge < -0.3 is 19.1 Å². The zero-order chi connectivity index (χ0) is 22.1. The van der Waals surface area contributed by atoms with Crippen LogP contribution in [-0.2, 0) is 27.5 Å². The van der Waals surface area contributed by atoms with E-state index < -0.39 is 0 Å². The Bertz CT molecular complexity index is 794. The average molecular weight is 596 g/mol. The maximum Gasteiger partial charge on any atom is 0.136 e. The van der Waals surface area contributed by atoms with Crippen molar-refractivity contribution < 1.29 is 35.3 Å². The smallest absolute Gasteiger partial charge is 0.136 e. The van der Waals surface area contributed by atoms with Gasteiger partial charge in [0.05, 0.1) is 21.3 Å². The number of aryl methyl sites for hydroxylation is 1. The van der Waals surface area contributed by atoms with Crippen molar-refractivity contribution in [1.29, 1.82) is 0 Å². The minimum atomic E-state index is 0. The van der Waals surface area contributed by atoms with Crippen molar-refractivity contribution in [2.24, 2.45) is 5.92 Å². The second-order valence-corrected chi connectivity index (χ2v) is 8.21. The van der Waals surface area contributed by atoms with Crippen LogP contribution in [0.4, 0.5) is 0 Å². The molecule has 2 aromatic carbocycles. The molecule has 172 valence electrons. The molecule has 0 heterocycles. The van der Waals surface area contributed by atoms with Crippen molar-refractivity contribution in [3.63, 3.8) is 0 Å². The summed E-state index contributed by atoms with van der Waals surface area (Å²) >= 11 is 0. The fourth-order valence-corrected chi connectivity index (χ4v) is 3.87. The number of rotatable bonds is 12. The molecule has 0 bridgehead atoms. The number of ether oxygens (including phenoxy) is 3. The molecule has 0 fully saturated rings. The first-order valence-corrected chi connectivity index (χ1v) is 10.8. The third kappa shape index (κ3) is 8.09. The molecule has 0 N–H and O–H groups in total. The summed E-state index contributed by atoms with van der Waals surface area (Å²) in [6, 6.07) is 12.7. The average Bonchev–Trinajstić information content (AvgIpc) is 2.74. The van der Waals surface area contributed by atoms with Crippen LogP contribution in [0.3, 0.4) is 0 Å². The SMILES string of the molecule is COc1ccc(CCN(C)CCC[C-](c2ccc(OC)c(OC)c2)C(C)C)cc1C.[W]. The Balaban J connectivity index is 0.00000480. The van der Waals surface area contributed by atoms with E-state index in [-0.39, 0.29) is 21.1 Å². The van der Waals surface area contributed by atoms with E-state index in [9.17, 15) is 0 Å². The summed E-state index contributed by atoms with van der Waals surface area (Å²) in [6.07, 6.45) is 3.27. The molecule has 5 heteroatoms. The van der Waals surface area contributed by atoms with Gasteiger partial charge in [0.2, 0.25) is 0 Å². The zero-order valence-corrected chi connectivity index (χ0v) is 23.1. The Morgan fingerprint density at radius 2 is 1.52 bits per heavy atom. The Morgan fingerprint density at radius 3 is 2.10 bits per heavy atom. The van der Waals surface area contributed by atoms with Gasteiger partial charge in [-0.25, -0.2) is 0 Å². The van der Waals surface area contributed by atoms with Gasteiger partial charge in [-0.05, 0) is 50.6 Å². The predicted octanol–water partition coefficient (Wildman–Crippen LogP) is 5.55. The van der Waals surface area contributed by atoms with Crippen LogP contribution in [0.15, 0.2) is 36.4 Å². The summed E-state index contributed by atoms with van der Waals surface area (Å²) < 4.78 is 16.2. The van der Waals surface area contributed by atoms with Gasteiger partial charge in [0.25, 0.3) is 0 Å². The molecule has 0 aromatic heterocycles. The molecule has 0 aliphatic rings. The molecular formula is C26H38NO3W-. The Morgan fingerprint density at radius 1 is 0.871 bits per heavy atom. The van der Waals surface area contributed by atoms with Gasteiger partial charge in [-0.2, -0.15) is 17.5 Å². The quantitative estimate of drug-likeness (QED) is 0.301. The van der Waals surface area contributed by atoms with Gasteiger partial charge in [-0.3, -0.25) is 0 Å². The molecule has 0 aliphatic heterocycles. The maximum absolute atomic E-state index is 5.49. The van der Waals surface area contributed by atoms with Crippen molar-refractivity contribution in [3.8, 4) is 17.2 Å². The van der Waals surface area contributed by atoms with Crippen LogP contribution < -0.4 is 14.2 Å². The van der Waals surface area contributed by atoms with Gasteiger partial charge in [0, 0.05) is 27.6 Å². The van der Waals surface area contributed by atoms with Gasteiger partial charge in [0.15, 0.2) is 0 Å². The first-order chi connectivity index (χ1) is 14.4. The third-order valence-electron chi connectivity index (χ3n) is 5.68. The van der Waals surface area contributed by atoms with Crippen LogP contribution >= 0.6 is 0 Å². The number of nitrogens with zero attached hydrogens (tertiary/aromatic N) is 1. The molecular weight excluding hydrogens is 558 g/mol. The summed E-state index contributed by atoms with van der Waals surface area (Å²) in [4.78, 5) is 2.42. The van der Waals surface area contributed by atoms with E-state index in [0.717, 1.165) is 49.6 Å². The van der Waals surface area contributed by atoms with E-state index in [2.05, 4.69) is 63.1 Å². The fraction of sp³-hybridized carbons (Fsp3) is 0.500. The van der Waals surface area contributed by atoms with Crippen molar-refractivity contribution >= 4 is 0 Å². The Kier molecular flexibility index (Phi) is 12.1. The predicted molar refractivity (Wildman–Crippen MR) is 125 cm³/mol. The maximum atomic E-state index is 5.49. The fourth-order valence-electron chi connectivity index (χ4n) is 3.87. The largest absolute Gasteiger partial charge is 0.506 e. The normalized spacial score (nSPS) is 10.7. The number of hydrogen-bond acceptors (Lipinski definition) is 4. The monoisotopic (exact) mass is 596 g/mol. The van der Waals surface area contributed by atoms with Gasteiger partial charge >= 0.3 is 0 Å². The molecule has 2 aromatic rings. The molecule has 31 heavy (non-hydrogen) atoms. The van der Waals surface area contributed by atoms with E-state index in [0.29, 0.717) is 5.92 Å². The van der Waals surface area contributed by atoms with Crippen LogP contribution in [0.1, 0.15) is 43.4 Å². The molecule has 2 rings (SSSR count). The zero-order valence-electron chi connectivity index (χ0n) is 20.2. The molecule has 0 atom stereocenters. The van der Waals surface area contributed by atoms with E-state index in [1.54, 1.807) is 21.3 Å². The molecule has 0 saturated heterocycles. The second kappa shape index (κ2) is 13.7. The number of benzene rings is 2. The van der Waals surface area contributed by atoms with Crippen LogP contribution in [0, 0.1) is 18.8 Å². The minimum Gasteiger partial charge on any atom is -0.506 e. The molecule has 0 saturated carbocycles. The standard InChI is InChI=1S/C26H38NO3.W/c1-19(2)23(22-11-13-25(29-6)26(18-22)30-7)9-8-15-27(4)16-14-21-10-12-24(28-5)20(3)17-21;/h10-13,17-19H,8-9,14-16H2,1-7H3;/q-1;. The number of likely N-dealkylation sites (N-methyl/N-ethyl adjacent to an activating group) is 1. The molecule has 0 radical (unpaired) electrons. The van der Waals surface area contributed by atoms with Crippen LogP contribution in [-0.4, -0.2) is 46.4 Å². The topological polar surface area (TPSA) is 30.9 Å². The molecule has 0 spiro atoms. The van der Waals surface area contributed by atoms with Crippen molar-refractivity contribution in [3.05, 3.63) is 59.0 Å². The van der Waals surface area contributed by atoms with Crippen LogP contribution in [0.25, 0.3) is 0 Å². The van der Waals surface area contributed by atoms with E-state index >= 15 is 0 Å². The van der Waals surface area contributed by atoms with Gasteiger partial charge in [-0.15, -0.1) is 6.07 Å². The first-order valence-electron chi connectivity index (χ1n) is 10.8. The number of methoxy groups -OCH3 is 3. The summed E-state index contributed by atoms with van der Waals surface area (Å²) in [6.45, 7) is 8.77. The second-order valence-electron chi connectivity index (χ2n) is 8.21. The van der Waals surface area contributed by atoms with E-state index in [4.69, 9.17) is 14.2 Å². The van der Waals surface area contributed by atoms with Crippen molar-refractivity contribution in [1.82, 2.24) is 4.90 Å². The van der Waals surface area contributed by atoms with Crippen LogP contribution in [0.2, 0.25) is 0 Å². The van der Waals surface area contributed by atoms with Gasteiger partial charge in [-0.1, -0.05) is 44.4 Å². The van der Waals surface area contributed by atoms with Crippen molar-refractivity contribution in [2.75, 3.05) is 41.5 Å². The summed E-state index contributed by atoms with van der Waals surface area (Å²) in [7, 11) is 7.30. The van der Waals surface area contributed by atoms with Crippen molar-refractivity contribution in [2.45, 2.75) is 40.0 Å². The van der Waals surface area contributed by atoms with Gasteiger partial charge in [0.1, 0.15) is 17.2 Å². The van der Waals surface area contributed by atoms with Crippen LogP contribution in [0.5, 0.6) is 17.2 Å². The third-order valence-corrected chi connectivity index (χ3v) is 5.68. The Labute approximate surface area is 203 Å². The molecule has 0 unspecified atom stereocenters. The summed E-state index contributed by atoms with van der Waals surface area (Å²) in [5.74, 6) is 4.49. The summed E-state index contributed by atoms with van der Waals surface area (Å²) in [5.41, 5.74) is 3.81. The molecule has 4 nitrogen and oxygen atoms in total. The summed E-state index contributed by atoms with van der Waals surface area (Å²) in [5, 5.41) is 0. The van der Waals surface area contributed by atoms with E-state index in [1.807, 2.05) is 6.07 Å². The molecule has 0 aliphatic carbocycles. The minimum absolute atomic E-state index is 0. The first kappa shape index (κ1) is 27.4.